The monoisotopic (exact) mass is 308 g/mol. The molecule has 0 aromatic heterocycles. The summed E-state index contributed by atoms with van der Waals surface area (Å²) in [7, 11) is 3.18. The molecule has 1 aromatic carbocycles. The number of nitrogens with one attached hydrogen (secondary N) is 1. The Morgan fingerprint density at radius 1 is 1.36 bits per heavy atom. The minimum absolute atomic E-state index is 0.139. The lowest BCUT2D eigenvalue weighted by Crippen LogP contribution is -2.40. The molecule has 0 spiro atoms. The van der Waals surface area contributed by atoms with Crippen LogP contribution < -0.4 is 14.8 Å². The van der Waals surface area contributed by atoms with Gasteiger partial charge in [0.15, 0.2) is 11.5 Å². The second-order valence-electron chi connectivity index (χ2n) is 5.07. The zero-order chi connectivity index (χ0) is 16.1. The number of hydrogen-bond donors (Lipinski definition) is 2. The van der Waals surface area contributed by atoms with Crippen molar-refractivity contribution in [3.63, 3.8) is 0 Å². The number of methoxy groups -OCH3 is 2. The van der Waals surface area contributed by atoms with Gasteiger partial charge < -0.3 is 24.8 Å². The first kappa shape index (κ1) is 15.9. The maximum absolute atomic E-state index is 11.9. The van der Waals surface area contributed by atoms with E-state index in [0.717, 1.165) is 12.0 Å². The summed E-state index contributed by atoms with van der Waals surface area (Å²) >= 11 is 0. The van der Waals surface area contributed by atoms with E-state index in [-0.39, 0.29) is 18.5 Å². The SMILES string of the molecule is COc1cccc(C2CCN(C(=O)NCC(=O)O)C2)c1OC. The molecule has 0 saturated carbocycles. The summed E-state index contributed by atoms with van der Waals surface area (Å²) in [6.07, 6.45) is 0.796. The molecule has 1 heterocycles. The number of benzene rings is 1. The number of rotatable bonds is 5. The highest BCUT2D eigenvalue weighted by Crippen LogP contribution is 2.39. The van der Waals surface area contributed by atoms with Gasteiger partial charge in [-0.1, -0.05) is 12.1 Å². The molecule has 2 rings (SSSR count). The molecule has 7 nitrogen and oxygen atoms in total. The fourth-order valence-corrected chi connectivity index (χ4v) is 2.70. The van der Waals surface area contributed by atoms with Crippen molar-refractivity contribution in [3.8, 4) is 11.5 Å². The maximum atomic E-state index is 11.9. The fourth-order valence-electron chi connectivity index (χ4n) is 2.70. The zero-order valence-corrected chi connectivity index (χ0v) is 12.7. The van der Waals surface area contributed by atoms with Crippen molar-refractivity contribution in [2.75, 3.05) is 33.9 Å². The topological polar surface area (TPSA) is 88.1 Å². The van der Waals surface area contributed by atoms with Crippen molar-refractivity contribution >= 4 is 12.0 Å². The van der Waals surface area contributed by atoms with Crippen LogP contribution in [0.5, 0.6) is 11.5 Å². The molecule has 1 unspecified atom stereocenters. The molecule has 120 valence electrons. The quantitative estimate of drug-likeness (QED) is 0.855. The summed E-state index contributed by atoms with van der Waals surface area (Å²) in [5.74, 6) is 0.427. The van der Waals surface area contributed by atoms with Gasteiger partial charge in [0, 0.05) is 24.6 Å². The van der Waals surface area contributed by atoms with Crippen LogP contribution in [0.15, 0.2) is 18.2 Å². The Hall–Kier alpha value is -2.44. The fraction of sp³-hybridized carbons (Fsp3) is 0.467. The average molecular weight is 308 g/mol. The molecule has 2 N–H and O–H groups in total. The third kappa shape index (κ3) is 3.41. The molecule has 1 aliphatic rings. The highest BCUT2D eigenvalue weighted by Gasteiger charge is 2.30. The molecule has 0 radical (unpaired) electrons. The van der Waals surface area contributed by atoms with Gasteiger partial charge in [0.2, 0.25) is 0 Å². The molecule has 2 amide bonds. The summed E-state index contributed by atoms with van der Waals surface area (Å²) in [6.45, 7) is 0.730. The van der Waals surface area contributed by atoms with Gasteiger partial charge in [-0.2, -0.15) is 0 Å². The van der Waals surface area contributed by atoms with Crippen LogP contribution in [0.2, 0.25) is 0 Å². The first-order valence-corrected chi connectivity index (χ1v) is 7.02. The molecular weight excluding hydrogens is 288 g/mol. The molecule has 1 saturated heterocycles. The van der Waals surface area contributed by atoms with Gasteiger partial charge >= 0.3 is 12.0 Å². The average Bonchev–Trinajstić information content (AvgIpc) is 3.01. The Morgan fingerprint density at radius 3 is 2.77 bits per heavy atom. The van der Waals surface area contributed by atoms with E-state index < -0.39 is 5.97 Å². The molecule has 1 atom stereocenters. The summed E-state index contributed by atoms with van der Waals surface area (Å²) in [4.78, 5) is 24.0. The van der Waals surface area contributed by atoms with Gasteiger partial charge in [-0.05, 0) is 12.5 Å². The van der Waals surface area contributed by atoms with E-state index in [1.54, 1.807) is 19.1 Å². The van der Waals surface area contributed by atoms with Crippen LogP contribution in [0.4, 0.5) is 4.79 Å². The highest BCUT2D eigenvalue weighted by molar-refractivity contribution is 5.80. The molecule has 1 aromatic rings. The first-order valence-electron chi connectivity index (χ1n) is 7.02. The van der Waals surface area contributed by atoms with Gasteiger partial charge in [-0.3, -0.25) is 4.79 Å². The number of carboxylic acid groups (broad SMARTS) is 1. The highest BCUT2D eigenvalue weighted by atomic mass is 16.5. The summed E-state index contributed by atoms with van der Waals surface area (Å²) in [5.41, 5.74) is 0.996. The van der Waals surface area contributed by atoms with Crippen LogP contribution in [0.1, 0.15) is 17.9 Å². The van der Waals surface area contributed by atoms with Crippen LogP contribution in [-0.4, -0.2) is 55.9 Å². The van der Waals surface area contributed by atoms with Crippen molar-refractivity contribution in [2.24, 2.45) is 0 Å². The third-order valence-electron chi connectivity index (χ3n) is 3.74. The maximum Gasteiger partial charge on any atom is 0.323 e. The van der Waals surface area contributed by atoms with Crippen molar-refractivity contribution in [2.45, 2.75) is 12.3 Å². The number of para-hydroxylation sites is 1. The van der Waals surface area contributed by atoms with E-state index in [0.29, 0.717) is 24.6 Å². The van der Waals surface area contributed by atoms with Crippen LogP contribution in [0, 0.1) is 0 Å². The van der Waals surface area contributed by atoms with Crippen LogP contribution >= 0.6 is 0 Å². The van der Waals surface area contributed by atoms with Crippen molar-refractivity contribution in [1.82, 2.24) is 10.2 Å². The lowest BCUT2D eigenvalue weighted by Gasteiger charge is -2.19. The van der Waals surface area contributed by atoms with Gasteiger partial charge in [-0.25, -0.2) is 4.79 Å². The predicted molar refractivity (Wildman–Crippen MR) is 79.5 cm³/mol. The van der Waals surface area contributed by atoms with Crippen molar-refractivity contribution < 1.29 is 24.2 Å². The van der Waals surface area contributed by atoms with Crippen LogP contribution in [0.25, 0.3) is 0 Å². The lowest BCUT2D eigenvalue weighted by atomic mass is 9.97. The molecule has 0 aliphatic carbocycles. The molecule has 0 bridgehead atoms. The number of ether oxygens (including phenoxy) is 2. The van der Waals surface area contributed by atoms with E-state index in [4.69, 9.17) is 14.6 Å². The Morgan fingerprint density at radius 2 is 2.14 bits per heavy atom. The number of nitrogens with zero attached hydrogens (tertiary/aromatic N) is 1. The second kappa shape index (κ2) is 7.02. The van der Waals surface area contributed by atoms with Crippen LogP contribution in [-0.2, 0) is 4.79 Å². The third-order valence-corrected chi connectivity index (χ3v) is 3.74. The van der Waals surface area contributed by atoms with Gasteiger partial charge in [0.1, 0.15) is 6.54 Å². The van der Waals surface area contributed by atoms with Crippen molar-refractivity contribution in [3.05, 3.63) is 23.8 Å². The number of likely N-dealkylation sites (tertiary alicyclic amines) is 1. The zero-order valence-electron chi connectivity index (χ0n) is 12.7. The number of carbonyl (C=O) groups excluding carboxylic acids is 1. The minimum atomic E-state index is -1.06. The number of urea groups is 1. The van der Waals surface area contributed by atoms with Crippen molar-refractivity contribution in [1.29, 1.82) is 0 Å². The Labute approximate surface area is 128 Å². The second-order valence-corrected chi connectivity index (χ2v) is 5.07. The number of amides is 2. The Kier molecular flexibility index (Phi) is 5.08. The predicted octanol–water partition coefficient (Wildman–Crippen LogP) is 1.29. The number of carbonyl (C=O) groups is 2. The molecule has 1 fully saturated rings. The smallest absolute Gasteiger partial charge is 0.323 e. The lowest BCUT2D eigenvalue weighted by molar-refractivity contribution is -0.135. The molecule has 1 aliphatic heterocycles. The van der Waals surface area contributed by atoms with E-state index >= 15 is 0 Å². The van der Waals surface area contributed by atoms with Gasteiger partial charge in [0.25, 0.3) is 0 Å². The number of hydrogen-bond acceptors (Lipinski definition) is 4. The Bertz CT molecular complexity index is 561. The van der Waals surface area contributed by atoms with Gasteiger partial charge in [0.05, 0.1) is 14.2 Å². The summed E-state index contributed by atoms with van der Waals surface area (Å²) in [5, 5.41) is 11.0. The minimum Gasteiger partial charge on any atom is -0.493 e. The number of carboxylic acids is 1. The van der Waals surface area contributed by atoms with E-state index in [2.05, 4.69) is 5.32 Å². The number of aliphatic carboxylic acids is 1. The largest absolute Gasteiger partial charge is 0.493 e. The standard InChI is InChI=1S/C15H20N2O5/c1-21-12-5-3-4-11(14(12)22-2)10-6-7-17(9-10)15(20)16-8-13(18)19/h3-5,10H,6-9H2,1-2H3,(H,16,20)(H,18,19). The van der Waals surface area contributed by atoms with Gasteiger partial charge in [-0.15, -0.1) is 0 Å². The first-order chi connectivity index (χ1) is 10.6. The summed E-state index contributed by atoms with van der Waals surface area (Å²) < 4.78 is 10.7. The molecule has 7 heteroatoms. The molecule has 22 heavy (non-hydrogen) atoms. The molecular formula is C15H20N2O5. The van der Waals surface area contributed by atoms with Crippen LogP contribution in [0.3, 0.4) is 0 Å². The summed E-state index contributed by atoms with van der Waals surface area (Å²) in [6, 6.07) is 5.33. The van der Waals surface area contributed by atoms with E-state index in [9.17, 15) is 9.59 Å². The van der Waals surface area contributed by atoms with E-state index in [1.165, 1.54) is 0 Å². The normalized spacial score (nSPS) is 17.2. The Balaban J connectivity index is 2.07. The van der Waals surface area contributed by atoms with E-state index in [1.807, 2.05) is 18.2 Å².